The van der Waals surface area contributed by atoms with Crippen molar-refractivity contribution < 1.29 is 22.8 Å². The Hall–Kier alpha value is -2.05. The Labute approximate surface area is 162 Å². The number of halogens is 3. The average Bonchev–Trinajstić information content (AvgIpc) is 3.58. The lowest BCUT2D eigenvalue weighted by atomic mass is 9.93. The maximum atomic E-state index is 12.7. The summed E-state index contributed by atoms with van der Waals surface area (Å²) in [5.41, 5.74) is -0.518. The Bertz CT molecular complexity index is 719. The molecule has 1 aromatic rings. The van der Waals surface area contributed by atoms with Crippen molar-refractivity contribution in [2.75, 3.05) is 26.2 Å². The first-order chi connectivity index (χ1) is 13.3. The second kappa shape index (κ2) is 7.41. The van der Waals surface area contributed by atoms with Crippen LogP contribution in [0.5, 0.6) is 0 Å². The summed E-state index contributed by atoms with van der Waals surface area (Å²) in [5.74, 6) is 1.91. The van der Waals surface area contributed by atoms with Gasteiger partial charge in [0.05, 0.1) is 5.56 Å². The molecule has 0 bridgehead atoms. The molecule has 0 spiro atoms. The van der Waals surface area contributed by atoms with Gasteiger partial charge in [-0.15, -0.1) is 0 Å². The molecular formula is C21H25F3N2O2. The summed E-state index contributed by atoms with van der Waals surface area (Å²) < 4.78 is 38.0. The molecule has 7 heteroatoms. The number of nitrogens with zero attached hydrogens (tertiary/aromatic N) is 2. The minimum atomic E-state index is -4.41. The first-order valence-electron chi connectivity index (χ1n) is 10.1. The van der Waals surface area contributed by atoms with Crippen molar-refractivity contribution in [3.05, 3.63) is 35.4 Å². The molecule has 28 heavy (non-hydrogen) atoms. The molecule has 3 fully saturated rings. The van der Waals surface area contributed by atoms with E-state index in [1.165, 1.54) is 37.8 Å². The van der Waals surface area contributed by atoms with Crippen LogP contribution in [0.2, 0.25) is 0 Å². The van der Waals surface area contributed by atoms with Gasteiger partial charge in [-0.1, -0.05) is 0 Å². The van der Waals surface area contributed by atoms with E-state index in [0.717, 1.165) is 24.0 Å². The number of carbonyl (C=O) groups is 2. The molecule has 0 N–H and O–H groups in total. The number of rotatable bonds is 5. The predicted octanol–water partition coefficient (Wildman–Crippen LogP) is 3.82. The Balaban J connectivity index is 1.29. The van der Waals surface area contributed by atoms with Crippen LogP contribution in [0.3, 0.4) is 0 Å². The topological polar surface area (TPSA) is 40.6 Å². The van der Waals surface area contributed by atoms with Gasteiger partial charge < -0.3 is 9.80 Å². The van der Waals surface area contributed by atoms with Crippen LogP contribution in [0.1, 0.15) is 48.0 Å². The molecule has 0 aromatic heterocycles. The molecular weight excluding hydrogens is 369 g/mol. The quantitative estimate of drug-likeness (QED) is 0.762. The molecule has 4 nitrogen and oxygen atoms in total. The monoisotopic (exact) mass is 394 g/mol. The predicted molar refractivity (Wildman–Crippen MR) is 97.5 cm³/mol. The third kappa shape index (κ3) is 4.33. The maximum Gasteiger partial charge on any atom is 0.416 e. The zero-order valence-corrected chi connectivity index (χ0v) is 15.8. The van der Waals surface area contributed by atoms with Crippen LogP contribution in [0, 0.1) is 17.8 Å². The van der Waals surface area contributed by atoms with E-state index in [4.69, 9.17) is 0 Å². The van der Waals surface area contributed by atoms with Gasteiger partial charge in [-0.3, -0.25) is 9.59 Å². The number of hydrogen-bond acceptors (Lipinski definition) is 2. The normalized spacial score (nSPS) is 20.6. The van der Waals surface area contributed by atoms with E-state index in [2.05, 4.69) is 0 Å². The summed E-state index contributed by atoms with van der Waals surface area (Å²) in [6.45, 7) is 1.83. The second-order valence-electron chi connectivity index (χ2n) is 8.29. The molecule has 0 atom stereocenters. The lowest BCUT2D eigenvalue weighted by molar-refractivity contribution is -0.137. The Morgan fingerprint density at radius 2 is 1.39 bits per heavy atom. The molecule has 1 heterocycles. The van der Waals surface area contributed by atoms with Gasteiger partial charge in [-0.05, 0) is 67.7 Å². The zero-order chi connectivity index (χ0) is 19.9. The molecule has 2 aliphatic carbocycles. The second-order valence-corrected chi connectivity index (χ2v) is 8.29. The van der Waals surface area contributed by atoms with E-state index >= 15 is 0 Å². The Kier molecular flexibility index (Phi) is 5.10. The molecule has 0 unspecified atom stereocenters. The molecule has 3 aliphatic rings. The Morgan fingerprint density at radius 3 is 1.86 bits per heavy atom. The number of piperazine rings is 1. The van der Waals surface area contributed by atoms with E-state index in [1.807, 2.05) is 4.90 Å². The minimum absolute atomic E-state index is 0.186. The van der Waals surface area contributed by atoms with E-state index in [0.29, 0.717) is 38.5 Å². The number of carbonyl (C=O) groups excluding carboxylic acids is 2. The van der Waals surface area contributed by atoms with Crippen LogP contribution < -0.4 is 0 Å². The highest BCUT2D eigenvalue weighted by Crippen LogP contribution is 2.50. The smallest absolute Gasteiger partial charge is 0.339 e. The van der Waals surface area contributed by atoms with Gasteiger partial charge in [0.25, 0.3) is 5.91 Å². The largest absolute Gasteiger partial charge is 0.416 e. The fraction of sp³-hybridized carbons (Fsp3) is 0.619. The standard InChI is InChI=1S/C21H25F3N2O2/c22-21(23,24)17-7-5-16(6-8-17)20(28)26-11-9-25(10-12-26)19(27)13-18(14-1-2-14)15-3-4-15/h5-8,14-15,18H,1-4,9-13H2. The van der Waals surface area contributed by atoms with Gasteiger partial charge in [-0.2, -0.15) is 13.2 Å². The van der Waals surface area contributed by atoms with E-state index in [-0.39, 0.29) is 17.4 Å². The highest BCUT2D eigenvalue weighted by Gasteiger charge is 2.43. The number of hydrogen-bond donors (Lipinski definition) is 0. The van der Waals surface area contributed by atoms with Gasteiger partial charge in [0.1, 0.15) is 0 Å². The van der Waals surface area contributed by atoms with Crippen molar-refractivity contribution in [3.8, 4) is 0 Å². The highest BCUT2D eigenvalue weighted by molar-refractivity contribution is 5.94. The summed E-state index contributed by atoms with van der Waals surface area (Å²) in [6, 6.07) is 4.31. The van der Waals surface area contributed by atoms with Crippen molar-refractivity contribution in [1.82, 2.24) is 9.80 Å². The van der Waals surface area contributed by atoms with Crippen molar-refractivity contribution in [2.24, 2.45) is 17.8 Å². The molecule has 2 amide bonds. The summed E-state index contributed by atoms with van der Waals surface area (Å²) in [6.07, 6.45) is 1.23. The van der Waals surface area contributed by atoms with E-state index in [1.54, 1.807) is 4.90 Å². The van der Waals surface area contributed by atoms with E-state index in [9.17, 15) is 22.8 Å². The SMILES string of the molecule is O=C(CC(C1CC1)C1CC1)N1CCN(C(=O)c2ccc(C(F)(F)F)cc2)CC1. The number of amides is 2. The van der Waals surface area contributed by atoms with E-state index < -0.39 is 11.7 Å². The Morgan fingerprint density at radius 1 is 0.893 bits per heavy atom. The summed E-state index contributed by atoms with van der Waals surface area (Å²) in [4.78, 5) is 28.7. The number of alkyl halides is 3. The molecule has 152 valence electrons. The molecule has 2 saturated carbocycles. The molecule has 1 saturated heterocycles. The van der Waals surface area contributed by atoms with Crippen LogP contribution in [0.15, 0.2) is 24.3 Å². The first-order valence-corrected chi connectivity index (χ1v) is 10.1. The van der Waals surface area contributed by atoms with Gasteiger partial charge in [0.15, 0.2) is 0 Å². The maximum absolute atomic E-state index is 12.7. The van der Waals surface area contributed by atoms with Crippen molar-refractivity contribution in [3.63, 3.8) is 0 Å². The van der Waals surface area contributed by atoms with Crippen LogP contribution in [0.4, 0.5) is 13.2 Å². The fourth-order valence-corrected chi connectivity index (χ4v) is 4.24. The van der Waals surface area contributed by atoms with Crippen molar-refractivity contribution in [2.45, 2.75) is 38.3 Å². The summed E-state index contributed by atoms with van der Waals surface area (Å²) in [5, 5.41) is 0. The molecule has 1 aliphatic heterocycles. The number of benzene rings is 1. The lowest BCUT2D eigenvalue weighted by Gasteiger charge is -2.35. The van der Waals surface area contributed by atoms with Crippen molar-refractivity contribution in [1.29, 1.82) is 0 Å². The zero-order valence-electron chi connectivity index (χ0n) is 15.8. The third-order valence-corrected chi connectivity index (χ3v) is 6.24. The molecule has 4 rings (SSSR count). The minimum Gasteiger partial charge on any atom is -0.339 e. The molecule has 0 radical (unpaired) electrons. The highest BCUT2D eigenvalue weighted by atomic mass is 19.4. The van der Waals surface area contributed by atoms with Gasteiger partial charge in [-0.25, -0.2) is 0 Å². The van der Waals surface area contributed by atoms with Crippen LogP contribution >= 0.6 is 0 Å². The van der Waals surface area contributed by atoms with Crippen molar-refractivity contribution >= 4 is 11.8 Å². The fourth-order valence-electron chi connectivity index (χ4n) is 4.24. The summed E-state index contributed by atoms with van der Waals surface area (Å²) in [7, 11) is 0. The molecule has 1 aromatic carbocycles. The average molecular weight is 394 g/mol. The summed E-state index contributed by atoms with van der Waals surface area (Å²) >= 11 is 0. The lowest BCUT2D eigenvalue weighted by Crippen LogP contribution is -2.51. The van der Waals surface area contributed by atoms with Gasteiger partial charge >= 0.3 is 6.18 Å². The van der Waals surface area contributed by atoms with Crippen LogP contribution in [0.25, 0.3) is 0 Å². The van der Waals surface area contributed by atoms with Gasteiger partial charge in [0.2, 0.25) is 5.91 Å². The third-order valence-electron chi connectivity index (χ3n) is 6.24. The van der Waals surface area contributed by atoms with Crippen LogP contribution in [-0.2, 0) is 11.0 Å². The van der Waals surface area contributed by atoms with Crippen LogP contribution in [-0.4, -0.2) is 47.8 Å². The van der Waals surface area contributed by atoms with Gasteiger partial charge in [0, 0.05) is 38.2 Å². The first kappa shape index (κ1) is 19.3.